The fourth-order valence-corrected chi connectivity index (χ4v) is 1.88. The highest BCUT2D eigenvalue weighted by Gasteiger charge is 2.23. The summed E-state index contributed by atoms with van der Waals surface area (Å²) in [6.07, 6.45) is 0.683. The first-order valence-electron chi connectivity index (χ1n) is 4.81. The first kappa shape index (κ1) is 8.73. The van der Waals surface area contributed by atoms with Crippen molar-refractivity contribution in [2.24, 2.45) is 0 Å². The Morgan fingerprint density at radius 3 is 2.69 bits per heavy atom. The van der Waals surface area contributed by atoms with Crippen LogP contribution in [0, 0.1) is 0 Å². The summed E-state index contributed by atoms with van der Waals surface area (Å²) in [7, 11) is 0. The highest BCUT2D eigenvalue weighted by molar-refractivity contribution is 5.21. The van der Waals surface area contributed by atoms with Crippen molar-refractivity contribution in [3.05, 3.63) is 35.9 Å². The zero-order chi connectivity index (χ0) is 9.10. The molecule has 2 rings (SSSR count). The molecule has 0 saturated carbocycles. The van der Waals surface area contributed by atoms with E-state index >= 15 is 0 Å². The second-order valence-corrected chi connectivity index (χ2v) is 3.58. The summed E-state index contributed by atoms with van der Waals surface area (Å²) in [5, 5.41) is 13.1. The van der Waals surface area contributed by atoms with E-state index in [9.17, 15) is 5.11 Å². The van der Waals surface area contributed by atoms with Gasteiger partial charge < -0.3 is 10.4 Å². The lowest BCUT2D eigenvalue weighted by molar-refractivity contribution is 0.114. The molecule has 0 bridgehead atoms. The first-order valence-corrected chi connectivity index (χ1v) is 4.81. The third-order valence-electron chi connectivity index (χ3n) is 2.67. The molecule has 1 aliphatic rings. The van der Waals surface area contributed by atoms with Crippen molar-refractivity contribution >= 4 is 0 Å². The summed E-state index contributed by atoms with van der Waals surface area (Å²) < 4.78 is 0. The van der Waals surface area contributed by atoms with Crippen molar-refractivity contribution < 1.29 is 5.11 Å². The normalized spacial score (nSPS) is 28.7. The largest absolute Gasteiger partial charge is 0.392 e. The number of hydrogen-bond acceptors (Lipinski definition) is 2. The number of aliphatic hydroxyl groups excluding tert-OH is 1. The van der Waals surface area contributed by atoms with E-state index in [1.807, 2.05) is 18.2 Å². The van der Waals surface area contributed by atoms with E-state index in [1.54, 1.807) is 0 Å². The lowest BCUT2D eigenvalue weighted by Crippen LogP contribution is -2.38. The second-order valence-electron chi connectivity index (χ2n) is 3.58. The van der Waals surface area contributed by atoms with Crippen molar-refractivity contribution in [2.45, 2.75) is 18.4 Å². The van der Waals surface area contributed by atoms with Crippen LogP contribution in [-0.4, -0.2) is 24.3 Å². The topological polar surface area (TPSA) is 32.3 Å². The molecule has 2 heteroatoms. The number of piperidine rings is 1. The lowest BCUT2D eigenvalue weighted by atomic mass is 9.89. The summed E-state index contributed by atoms with van der Waals surface area (Å²) >= 11 is 0. The number of aliphatic hydroxyl groups is 1. The van der Waals surface area contributed by atoms with Gasteiger partial charge in [-0.05, 0) is 18.5 Å². The smallest absolute Gasteiger partial charge is 0.0633 e. The molecule has 1 saturated heterocycles. The molecule has 0 amide bonds. The highest BCUT2D eigenvalue weighted by atomic mass is 16.3. The molecule has 2 atom stereocenters. The Morgan fingerprint density at radius 2 is 2.00 bits per heavy atom. The fraction of sp³-hybridized carbons (Fsp3) is 0.455. The van der Waals surface area contributed by atoms with Crippen molar-refractivity contribution in [3.8, 4) is 0 Å². The lowest BCUT2D eigenvalue weighted by Gasteiger charge is -2.28. The molecule has 1 aromatic carbocycles. The number of rotatable bonds is 1. The van der Waals surface area contributed by atoms with Crippen LogP contribution in [0.15, 0.2) is 30.3 Å². The van der Waals surface area contributed by atoms with Gasteiger partial charge in [0.15, 0.2) is 0 Å². The van der Waals surface area contributed by atoms with Crippen LogP contribution in [0.1, 0.15) is 17.9 Å². The molecule has 13 heavy (non-hydrogen) atoms. The summed E-state index contributed by atoms with van der Waals surface area (Å²) in [6.45, 7) is 1.83. The predicted octanol–water partition coefficient (Wildman–Crippen LogP) is 1.12. The molecule has 0 unspecified atom stereocenters. The third kappa shape index (κ3) is 1.90. The molecule has 2 nitrogen and oxygen atoms in total. The SMILES string of the molecule is O[C@@H]1CCNC[C@@H]1c1ccccc1. The molecule has 0 spiro atoms. The molecule has 1 aliphatic heterocycles. The molecular weight excluding hydrogens is 162 g/mol. The van der Waals surface area contributed by atoms with Gasteiger partial charge in [-0.25, -0.2) is 0 Å². The molecule has 2 N–H and O–H groups in total. The van der Waals surface area contributed by atoms with Crippen LogP contribution in [0.2, 0.25) is 0 Å². The summed E-state index contributed by atoms with van der Waals surface area (Å²) in [4.78, 5) is 0. The average Bonchev–Trinajstić information content (AvgIpc) is 2.20. The van der Waals surface area contributed by atoms with Gasteiger partial charge >= 0.3 is 0 Å². The van der Waals surface area contributed by atoms with E-state index in [2.05, 4.69) is 17.4 Å². The Balaban J connectivity index is 2.15. The molecule has 0 aromatic heterocycles. The van der Waals surface area contributed by atoms with Crippen LogP contribution in [0.3, 0.4) is 0 Å². The molecular formula is C11H15NO. The van der Waals surface area contributed by atoms with Gasteiger partial charge in [-0.2, -0.15) is 0 Å². The third-order valence-corrected chi connectivity index (χ3v) is 2.67. The molecule has 0 aliphatic carbocycles. The van der Waals surface area contributed by atoms with Crippen molar-refractivity contribution in [1.29, 1.82) is 0 Å². The minimum absolute atomic E-state index is 0.177. The van der Waals surface area contributed by atoms with E-state index in [-0.39, 0.29) is 12.0 Å². The van der Waals surface area contributed by atoms with E-state index in [0.29, 0.717) is 0 Å². The minimum atomic E-state index is -0.177. The van der Waals surface area contributed by atoms with Gasteiger partial charge in [-0.1, -0.05) is 30.3 Å². The van der Waals surface area contributed by atoms with Crippen LogP contribution in [0.4, 0.5) is 0 Å². The van der Waals surface area contributed by atoms with Crippen LogP contribution < -0.4 is 5.32 Å². The fourth-order valence-electron chi connectivity index (χ4n) is 1.88. The van der Waals surface area contributed by atoms with Crippen LogP contribution >= 0.6 is 0 Å². The highest BCUT2D eigenvalue weighted by Crippen LogP contribution is 2.22. The van der Waals surface area contributed by atoms with Crippen molar-refractivity contribution in [1.82, 2.24) is 5.32 Å². The Labute approximate surface area is 78.6 Å². The van der Waals surface area contributed by atoms with E-state index in [1.165, 1.54) is 5.56 Å². The number of nitrogens with one attached hydrogen (secondary N) is 1. The molecule has 70 valence electrons. The van der Waals surface area contributed by atoms with Gasteiger partial charge in [-0.15, -0.1) is 0 Å². The minimum Gasteiger partial charge on any atom is -0.392 e. The Kier molecular flexibility index (Phi) is 2.62. The summed E-state index contributed by atoms with van der Waals surface area (Å²) in [5.74, 6) is 0.273. The Bertz CT molecular complexity index is 260. The second kappa shape index (κ2) is 3.90. The number of hydrogen-bond donors (Lipinski definition) is 2. The summed E-state index contributed by atoms with van der Waals surface area (Å²) in [6, 6.07) is 10.2. The van der Waals surface area contributed by atoms with E-state index < -0.39 is 0 Å². The maximum atomic E-state index is 9.78. The number of benzene rings is 1. The molecule has 1 fully saturated rings. The van der Waals surface area contributed by atoms with Gasteiger partial charge in [0.2, 0.25) is 0 Å². The van der Waals surface area contributed by atoms with Gasteiger partial charge in [-0.3, -0.25) is 0 Å². The standard InChI is InChI=1S/C11H15NO/c13-11-6-7-12-8-10(11)9-4-2-1-3-5-9/h1-5,10-13H,6-8H2/t10-,11-/m1/s1. The van der Waals surface area contributed by atoms with Gasteiger partial charge in [0.25, 0.3) is 0 Å². The molecule has 1 heterocycles. The predicted molar refractivity (Wildman–Crippen MR) is 52.7 cm³/mol. The van der Waals surface area contributed by atoms with Gasteiger partial charge in [0.1, 0.15) is 0 Å². The zero-order valence-corrected chi connectivity index (χ0v) is 7.61. The monoisotopic (exact) mass is 177 g/mol. The Morgan fingerprint density at radius 1 is 1.23 bits per heavy atom. The van der Waals surface area contributed by atoms with Crippen LogP contribution in [0.5, 0.6) is 0 Å². The van der Waals surface area contributed by atoms with Crippen LogP contribution in [-0.2, 0) is 0 Å². The quantitative estimate of drug-likeness (QED) is 0.674. The van der Waals surface area contributed by atoms with E-state index in [4.69, 9.17) is 0 Å². The first-order chi connectivity index (χ1) is 6.38. The average molecular weight is 177 g/mol. The molecule has 0 radical (unpaired) electrons. The maximum Gasteiger partial charge on any atom is 0.0633 e. The van der Waals surface area contributed by atoms with E-state index in [0.717, 1.165) is 19.5 Å². The van der Waals surface area contributed by atoms with Gasteiger partial charge in [0.05, 0.1) is 6.10 Å². The maximum absolute atomic E-state index is 9.78. The van der Waals surface area contributed by atoms with Gasteiger partial charge in [0, 0.05) is 12.5 Å². The van der Waals surface area contributed by atoms with Crippen molar-refractivity contribution in [3.63, 3.8) is 0 Å². The zero-order valence-electron chi connectivity index (χ0n) is 7.61. The Hall–Kier alpha value is -0.860. The summed E-state index contributed by atoms with van der Waals surface area (Å²) in [5.41, 5.74) is 1.24. The van der Waals surface area contributed by atoms with Crippen molar-refractivity contribution in [2.75, 3.05) is 13.1 Å². The van der Waals surface area contributed by atoms with Crippen LogP contribution in [0.25, 0.3) is 0 Å². The molecule has 1 aromatic rings.